The van der Waals surface area contributed by atoms with Crippen LogP contribution in [0.25, 0.3) is 0 Å². The van der Waals surface area contributed by atoms with E-state index in [1.54, 1.807) is 19.2 Å². The fourth-order valence-corrected chi connectivity index (χ4v) is 2.18. The molecule has 2 aromatic rings. The van der Waals surface area contributed by atoms with E-state index in [0.717, 1.165) is 12.0 Å². The molecule has 0 heterocycles. The van der Waals surface area contributed by atoms with Crippen LogP contribution in [0.3, 0.4) is 0 Å². The van der Waals surface area contributed by atoms with E-state index in [4.69, 9.17) is 14.2 Å². The summed E-state index contributed by atoms with van der Waals surface area (Å²) in [6.45, 7) is 4.67. The van der Waals surface area contributed by atoms with Crippen molar-refractivity contribution < 1.29 is 23.4 Å². The highest BCUT2D eigenvalue weighted by atomic mass is 19.1. The number of carbonyl (C=O) groups is 1. The van der Waals surface area contributed by atoms with E-state index in [1.165, 1.54) is 30.5 Å². The lowest BCUT2D eigenvalue weighted by atomic mass is 10.1. The Morgan fingerprint density at radius 1 is 1.14 bits per heavy atom. The summed E-state index contributed by atoms with van der Waals surface area (Å²) in [6.07, 6.45) is 2.45. The number of amides is 1. The van der Waals surface area contributed by atoms with Crippen molar-refractivity contribution in [2.45, 2.75) is 20.3 Å². The monoisotopic (exact) mass is 388 g/mol. The molecule has 0 aliphatic carbocycles. The second-order valence-corrected chi connectivity index (χ2v) is 6.48. The highest BCUT2D eigenvalue weighted by Crippen LogP contribution is 2.27. The predicted molar refractivity (Wildman–Crippen MR) is 106 cm³/mol. The lowest BCUT2D eigenvalue weighted by molar-refractivity contribution is -0.123. The molecule has 6 nitrogen and oxygen atoms in total. The molecular formula is C21H25FN2O4. The highest BCUT2D eigenvalue weighted by Gasteiger charge is 2.06. The zero-order valence-corrected chi connectivity index (χ0v) is 16.3. The van der Waals surface area contributed by atoms with Crippen LogP contribution in [0.2, 0.25) is 0 Å². The second kappa shape index (κ2) is 10.9. The average molecular weight is 388 g/mol. The number of methoxy groups -OCH3 is 1. The van der Waals surface area contributed by atoms with Gasteiger partial charge >= 0.3 is 0 Å². The lowest BCUT2D eigenvalue weighted by Gasteiger charge is -2.12. The van der Waals surface area contributed by atoms with Gasteiger partial charge in [-0.1, -0.05) is 13.8 Å². The maximum absolute atomic E-state index is 12.8. The standard InChI is InChI=1S/C21H25FN2O4/c1-15(2)10-11-27-19-9-4-16(12-20(19)26-3)13-23-24-21(25)14-28-18-7-5-17(22)6-8-18/h4-9,12-13,15H,10-11,14H2,1-3H3,(H,24,25)/b23-13-. The largest absolute Gasteiger partial charge is 0.493 e. The SMILES string of the molecule is COc1cc(/C=N\NC(=O)COc2ccc(F)cc2)ccc1OCCC(C)C. The summed E-state index contributed by atoms with van der Waals surface area (Å²) in [5.74, 6) is 1.43. The molecule has 1 N–H and O–H groups in total. The van der Waals surface area contributed by atoms with E-state index >= 15 is 0 Å². The van der Waals surface area contributed by atoms with Crippen LogP contribution in [0.15, 0.2) is 47.6 Å². The molecule has 0 saturated heterocycles. The molecule has 0 bridgehead atoms. The van der Waals surface area contributed by atoms with Crippen molar-refractivity contribution in [3.63, 3.8) is 0 Å². The molecule has 2 aromatic carbocycles. The minimum atomic E-state index is -0.429. The Balaban J connectivity index is 1.83. The van der Waals surface area contributed by atoms with Crippen molar-refractivity contribution in [1.29, 1.82) is 0 Å². The van der Waals surface area contributed by atoms with Gasteiger partial charge in [0.2, 0.25) is 0 Å². The predicted octanol–water partition coefficient (Wildman–Crippen LogP) is 3.79. The average Bonchev–Trinajstić information content (AvgIpc) is 2.68. The maximum Gasteiger partial charge on any atom is 0.277 e. The van der Waals surface area contributed by atoms with Gasteiger partial charge in [0.05, 0.1) is 19.9 Å². The van der Waals surface area contributed by atoms with Crippen molar-refractivity contribution in [2.75, 3.05) is 20.3 Å². The van der Waals surface area contributed by atoms with Crippen molar-refractivity contribution in [2.24, 2.45) is 11.0 Å². The maximum atomic E-state index is 12.8. The molecular weight excluding hydrogens is 363 g/mol. The first-order chi connectivity index (χ1) is 13.5. The number of halogens is 1. The van der Waals surface area contributed by atoms with Gasteiger partial charge in [-0.25, -0.2) is 9.82 Å². The molecule has 0 aromatic heterocycles. The van der Waals surface area contributed by atoms with Gasteiger partial charge in [0.1, 0.15) is 11.6 Å². The van der Waals surface area contributed by atoms with E-state index in [-0.39, 0.29) is 12.4 Å². The van der Waals surface area contributed by atoms with E-state index < -0.39 is 5.91 Å². The third-order valence-electron chi connectivity index (χ3n) is 3.73. The quantitative estimate of drug-likeness (QED) is 0.497. The van der Waals surface area contributed by atoms with Crippen LogP contribution in [0.4, 0.5) is 4.39 Å². The van der Waals surface area contributed by atoms with Crippen LogP contribution in [-0.2, 0) is 4.79 Å². The van der Waals surface area contributed by atoms with Crippen LogP contribution >= 0.6 is 0 Å². The topological polar surface area (TPSA) is 69.2 Å². The van der Waals surface area contributed by atoms with Crippen LogP contribution in [0.1, 0.15) is 25.8 Å². The number of nitrogens with one attached hydrogen (secondary N) is 1. The smallest absolute Gasteiger partial charge is 0.277 e. The van der Waals surface area contributed by atoms with Crippen LogP contribution in [0, 0.1) is 11.7 Å². The molecule has 1 amide bonds. The van der Waals surface area contributed by atoms with Crippen LogP contribution in [0.5, 0.6) is 17.2 Å². The van der Waals surface area contributed by atoms with E-state index in [0.29, 0.717) is 29.8 Å². The molecule has 0 spiro atoms. The van der Waals surface area contributed by atoms with Gasteiger partial charge in [0.25, 0.3) is 5.91 Å². The summed E-state index contributed by atoms with van der Waals surface area (Å²) in [5, 5.41) is 3.90. The molecule has 150 valence electrons. The summed E-state index contributed by atoms with van der Waals surface area (Å²) in [5.41, 5.74) is 3.11. The summed E-state index contributed by atoms with van der Waals surface area (Å²) in [4.78, 5) is 11.8. The molecule has 0 aliphatic heterocycles. The molecule has 0 aliphatic rings. The number of hydrogen-bond donors (Lipinski definition) is 1. The zero-order chi connectivity index (χ0) is 20.4. The third kappa shape index (κ3) is 7.26. The van der Waals surface area contributed by atoms with Gasteiger partial charge in [0.15, 0.2) is 18.1 Å². The number of rotatable bonds is 10. The molecule has 2 rings (SSSR count). The lowest BCUT2D eigenvalue weighted by Crippen LogP contribution is -2.24. The Labute approximate surface area is 164 Å². The Morgan fingerprint density at radius 2 is 1.89 bits per heavy atom. The number of hydrazone groups is 1. The van der Waals surface area contributed by atoms with Crippen molar-refractivity contribution in [1.82, 2.24) is 5.43 Å². The third-order valence-corrected chi connectivity index (χ3v) is 3.73. The van der Waals surface area contributed by atoms with E-state index in [1.807, 2.05) is 6.07 Å². The van der Waals surface area contributed by atoms with Gasteiger partial charge < -0.3 is 14.2 Å². The first-order valence-corrected chi connectivity index (χ1v) is 8.99. The second-order valence-electron chi connectivity index (χ2n) is 6.48. The fourth-order valence-electron chi connectivity index (χ4n) is 2.18. The number of hydrogen-bond acceptors (Lipinski definition) is 5. The molecule has 0 atom stereocenters. The molecule has 0 radical (unpaired) electrons. The van der Waals surface area contributed by atoms with Crippen LogP contribution < -0.4 is 19.6 Å². The van der Waals surface area contributed by atoms with Gasteiger partial charge in [0, 0.05) is 0 Å². The Morgan fingerprint density at radius 3 is 2.57 bits per heavy atom. The van der Waals surface area contributed by atoms with E-state index in [2.05, 4.69) is 24.4 Å². The van der Waals surface area contributed by atoms with Crippen molar-refractivity contribution in [3.8, 4) is 17.2 Å². The summed E-state index contributed by atoms with van der Waals surface area (Å²) in [7, 11) is 1.57. The number of nitrogens with zero attached hydrogens (tertiary/aromatic N) is 1. The molecule has 0 saturated carbocycles. The van der Waals surface area contributed by atoms with Gasteiger partial charge in [-0.3, -0.25) is 4.79 Å². The van der Waals surface area contributed by atoms with Gasteiger partial charge in [-0.05, 0) is 60.4 Å². The fraction of sp³-hybridized carbons (Fsp3) is 0.333. The van der Waals surface area contributed by atoms with Crippen molar-refractivity contribution >= 4 is 12.1 Å². The van der Waals surface area contributed by atoms with Gasteiger partial charge in [-0.2, -0.15) is 5.10 Å². The van der Waals surface area contributed by atoms with Crippen molar-refractivity contribution in [3.05, 3.63) is 53.8 Å². The summed E-state index contributed by atoms with van der Waals surface area (Å²) >= 11 is 0. The summed E-state index contributed by atoms with van der Waals surface area (Å²) in [6, 6.07) is 10.8. The minimum Gasteiger partial charge on any atom is -0.493 e. The Hall–Kier alpha value is -3.09. The molecule has 0 unspecified atom stereocenters. The first kappa shape index (κ1) is 21.2. The number of benzene rings is 2. The molecule has 28 heavy (non-hydrogen) atoms. The Bertz CT molecular complexity index is 791. The van der Waals surface area contributed by atoms with Crippen LogP contribution in [-0.4, -0.2) is 32.4 Å². The highest BCUT2D eigenvalue weighted by molar-refractivity contribution is 5.83. The Kier molecular flexibility index (Phi) is 8.27. The zero-order valence-electron chi connectivity index (χ0n) is 16.3. The normalized spacial score (nSPS) is 10.9. The minimum absolute atomic E-state index is 0.227. The number of carbonyl (C=O) groups excluding carboxylic acids is 1. The first-order valence-electron chi connectivity index (χ1n) is 8.99. The molecule has 7 heteroatoms. The van der Waals surface area contributed by atoms with Gasteiger partial charge in [-0.15, -0.1) is 0 Å². The summed E-state index contributed by atoms with van der Waals surface area (Å²) < 4.78 is 29.1. The van der Waals surface area contributed by atoms with E-state index in [9.17, 15) is 9.18 Å². The molecule has 0 fully saturated rings. The number of ether oxygens (including phenoxy) is 3.